The molecule has 0 saturated carbocycles. The Morgan fingerprint density at radius 3 is 2.79 bits per heavy atom. The molecule has 0 unspecified atom stereocenters. The molecule has 3 N–H and O–H groups in total. The third-order valence-electron chi connectivity index (χ3n) is 2.84. The number of rotatable bonds is 8. The highest BCUT2D eigenvalue weighted by Gasteiger charge is 2.15. The first-order valence-corrected chi connectivity index (χ1v) is 6.57. The molecule has 19 heavy (non-hydrogen) atoms. The van der Waals surface area contributed by atoms with E-state index in [1.165, 1.54) is 11.8 Å². The van der Waals surface area contributed by atoms with Crippen molar-refractivity contribution < 1.29 is 14.8 Å². The van der Waals surface area contributed by atoms with Gasteiger partial charge in [0.15, 0.2) is 6.04 Å². The van der Waals surface area contributed by atoms with E-state index in [0.717, 1.165) is 18.7 Å². The molecular formula is C15H23N2O2+. The lowest BCUT2D eigenvalue weighted by atomic mass is 10.2. The molecule has 0 aromatic heterocycles. The van der Waals surface area contributed by atoms with Crippen LogP contribution in [0.1, 0.15) is 18.9 Å². The standard InChI is InChI=1S/C15H22N2O2/c1-4-19-11-5-10-16-13(3)15(18)17-14-8-6-12(2)7-9-14/h4,6-9,13,16H,1,5,10-11H2,2-3H3,(H,17,18)/p+1/t13-/m1/s1. The Kier molecular flexibility index (Phi) is 6.68. The molecular weight excluding hydrogens is 240 g/mol. The van der Waals surface area contributed by atoms with Gasteiger partial charge in [-0.1, -0.05) is 24.3 Å². The van der Waals surface area contributed by atoms with Crippen LogP contribution in [0.15, 0.2) is 37.1 Å². The Balaban J connectivity index is 2.28. The van der Waals surface area contributed by atoms with E-state index in [-0.39, 0.29) is 11.9 Å². The Labute approximate surface area is 114 Å². The van der Waals surface area contributed by atoms with Gasteiger partial charge in [-0.05, 0) is 26.0 Å². The highest BCUT2D eigenvalue weighted by Crippen LogP contribution is 2.08. The van der Waals surface area contributed by atoms with Crippen LogP contribution in [0, 0.1) is 6.92 Å². The summed E-state index contributed by atoms with van der Waals surface area (Å²) in [4.78, 5) is 11.9. The van der Waals surface area contributed by atoms with Gasteiger partial charge >= 0.3 is 0 Å². The van der Waals surface area contributed by atoms with Crippen molar-refractivity contribution >= 4 is 11.6 Å². The zero-order chi connectivity index (χ0) is 14.1. The van der Waals surface area contributed by atoms with E-state index >= 15 is 0 Å². The zero-order valence-corrected chi connectivity index (χ0v) is 11.7. The third-order valence-corrected chi connectivity index (χ3v) is 2.84. The predicted molar refractivity (Wildman–Crippen MR) is 76.8 cm³/mol. The molecule has 1 aromatic rings. The minimum atomic E-state index is -0.106. The van der Waals surface area contributed by atoms with Gasteiger partial charge in [0.25, 0.3) is 5.91 Å². The van der Waals surface area contributed by atoms with Crippen LogP contribution in [-0.2, 0) is 9.53 Å². The molecule has 0 aliphatic carbocycles. The maximum Gasteiger partial charge on any atom is 0.282 e. The fourth-order valence-electron chi connectivity index (χ4n) is 1.62. The highest BCUT2D eigenvalue weighted by atomic mass is 16.5. The molecule has 0 aliphatic rings. The maximum absolute atomic E-state index is 11.9. The van der Waals surface area contributed by atoms with Gasteiger partial charge in [-0.25, -0.2) is 0 Å². The number of hydrogen-bond acceptors (Lipinski definition) is 2. The molecule has 4 heteroatoms. The molecule has 0 aliphatic heterocycles. The lowest BCUT2D eigenvalue weighted by Crippen LogP contribution is -2.91. The van der Waals surface area contributed by atoms with E-state index < -0.39 is 0 Å². The third kappa shape index (κ3) is 6.06. The summed E-state index contributed by atoms with van der Waals surface area (Å²) in [5.74, 6) is 0.0218. The summed E-state index contributed by atoms with van der Waals surface area (Å²) in [7, 11) is 0. The van der Waals surface area contributed by atoms with E-state index in [9.17, 15) is 4.79 Å². The van der Waals surface area contributed by atoms with Crippen LogP contribution in [0.3, 0.4) is 0 Å². The molecule has 1 atom stereocenters. The SMILES string of the molecule is C=COCCC[NH2+][C@H](C)C(=O)Nc1ccc(C)cc1. The summed E-state index contributed by atoms with van der Waals surface area (Å²) in [6.45, 7) is 8.90. The van der Waals surface area contributed by atoms with E-state index in [1.54, 1.807) is 0 Å². The predicted octanol–water partition coefficient (Wildman–Crippen LogP) is 1.44. The molecule has 4 nitrogen and oxygen atoms in total. The Morgan fingerprint density at radius 2 is 2.16 bits per heavy atom. The fraction of sp³-hybridized carbons (Fsp3) is 0.400. The van der Waals surface area contributed by atoms with Gasteiger partial charge in [-0.2, -0.15) is 0 Å². The molecule has 1 aromatic carbocycles. The minimum absolute atomic E-state index is 0.0218. The van der Waals surface area contributed by atoms with Crippen LogP contribution in [0.5, 0.6) is 0 Å². The molecule has 1 rings (SSSR count). The Hall–Kier alpha value is -1.81. The van der Waals surface area contributed by atoms with Gasteiger partial charge in [0.05, 0.1) is 19.4 Å². The average Bonchev–Trinajstić information content (AvgIpc) is 2.41. The number of amides is 1. The van der Waals surface area contributed by atoms with Crippen LogP contribution in [0.4, 0.5) is 5.69 Å². The van der Waals surface area contributed by atoms with E-state index in [0.29, 0.717) is 6.61 Å². The number of ether oxygens (including phenoxy) is 1. The van der Waals surface area contributed by atoms with Crippen molar-refractivity contribution in [3.8, 4) is 0 Å². The van der Waals surface area contributed by atoms with Gasteiger partial charge < -0.3 is 15.4 Å². The second-order valence-electron chi connectivity index (χ2n) is 4.56. The Bertz CT molecular complexity index is 401. The van der Waals surface area contributed by atoms with Crippen molar-refractivity contribution in [1.29, 1.82) is 0 Å². The molecule has 1 amide bonds. The fourth-order valence-corrected chi connectivity index (χ4v) is 1.62. The number of quaternary nitrogens is 1. The number of nitrogens with two attached hydrogens (primary N) is 1. The van der Waals surface area contributed by atoms with E-state index in [2.05, 4.69) is 11.9 Å². The molecule has 0 heterocycles. The largest absolute Gasteiger partial charge is 0.502 e. The molecule has 0 spiro atoms. The molecule has 0 saturated heterocycles. The van der Waals surface area contributed by atoms with Crippen molar-refractivity contribution in [2.24, 2.45) is 0 Å². The summed E-state index contributed by atoms with van der Waals surface area (Å²) in [5, 5.41) is 4.91. The normalized spacial score (nSPS) is 11.7. The van der Waals surface area contributed by atoms with Gasteiger partial charge in [-0.3, -0.25) is 4.79 Å². The quantitative estimate of drug-likeness (QED) is 0.551. The van der Waals surface area contributed by atoms with Gasteiger partial charge in [0.2, 0.25) is 0 Å². The van der Waals surface area contributed by atoms with Crippen LogP contribution >= 0.6 is 0 Å². The van der Waals surface area contributed by atoms with E-state index in [1.807, 2.05) is 43.4 Å². The van der Waals surface area contributed by atoms with Crippen LogP contribution in [-0.4, -0.2) is 25.1 Å². The monoisotopic (exact) mass is 263 g/mol. The average molecular weight is 263 g/mol. The summed E-state index contributed by atoms with van der Waals surface area (Å²) in [6.07, 6.45) is 2.34. The van der Waals surface area contributed by atoms with Crippen molar-refractivity contribution in [2.75, 3.05) is 18.5 Å². The summed E-state index contributed by atoms with van der Waals surface area (Å²) >= 11 is 0. The molecule has 0 radical (unpaired) electrons. The smallest absolute Gasteiger partial charge is 0.282 e. The molecule has 0 fully saturated rings. The summed E-state index contributed by atoms with van der Waals surface area (Å²) < 4.78 is 5.03. The van der Waals surface area contributed by atoms with Crippen molar-refractivity contribution in [1.82, 2.24) is 0 Å². The zero-order valence-electron chi connectivity index (χ0n) is 11.7. The van der Waals surface area contributed by atoms with Crippen molar-refractivity contribution in [3.63, 3.8) is 0 Å². The number of aryl methyl sites for hydroxylation is 1. The minimum Gasteiger partial charge on any atom is -0.502 e. The van der Waals surface area contributed by atoms with E-state index in [4.69, 9.17) is 4.74 Å². The number of benzene rings is 1. The number of anilines is 1. The number of nitrogens with one attached hydrogen (secondary N) is 1. The topological polar surface area (TPSA) is 54.9 Å². The maximum atomic E-state index is 11.9. The first-order valence-electron chi connectivity index (χ1n) is 6.57. The Morgan fingerprint density at radius 1 is 1.47 bits per heavy atom. The summed E-state index contributed by atoms with van der Waals surface area (Å²) in [6, 6.07) is 7.69. The molecule has 0 bridgehead atoms. The van der Waals surface area contributed by atoms with Gasteiger partial charge in [0.1, 0.15) is 0 Å². The van der Waals surface area contributed by atoms with Crippen LogP contribution in [0.25, 0.3) is 0 Å². The van der Waals surface area contributed by atoms with Crippen LogP contribution in [0.2, 0.25) is 0 Å². The lowest BCUT2D eigenvalue weighted by molar-refractivity contribution is -0.673. The van der Waals surface area contributed by atoms with Crippen molar-refractivity contribution in [2.45, 2.75) is 26.3 Å². The van der Waals surface area contributed by atoms with Gasteiger partial charge in [-0.15, -0.1) is 0 Å². The second kappa shape index (κ2) is 8.32. The molecule has 104 valence electrons. The number of hydrogen-bond donors (Lipinski definition) is 2. The first-order chi connectivity index (χ1) is 9.13. The number of carbonyl (C=O) groups is 1. The van der Waals surface area contributed by atoms with Gasteiger partial charge in [0, 0.05) is 12.1 Å². The highest BCUT2D eigenvalue weighted by molar-refractivity contribution is 5.93. The second-order valence-corrected chi connectivity index (χ2v) is 4.56. The first kappa shape index (κ1) is 15.2. The van der Waals surface area contributed by atoms with Crippen LogP contribution < -0.4 is 10.6 Å². The van der Waals surface area contributed by atoms with Crippen molar-refractivity contribution in [3.05, 3.63) is 42.7 Å². The summed E-state index contributed by atoms with van der Waals surface area (Å²) in [5.41, 5.74) is 2.02. The lowest BCUT2D eigenvalue weighted by Gasteiger charge is -2.11. The number of carbonyl (C=O) groups excluding carboxylic acids is 1.